The Morgan fingerprint density at radius 3 is 2.33 bits per heavy atom. The maximum absolute atomic E-state index is 11.9. The molecule has 0 aliphatic carbocycles. The van der Waals surface area contributed by atoms with Crippen LogP contribution in [0.4, 0.5) is 13.2 Å². The number of ether oxygens (including phenoxy) is 1. The molecule has 116 valence electrons. The highest BCUT2D eigenvalue weighted by molar-refractivity contribution is 5.81. The number of hydrogen-bond acceptors (Lipinski definition) is 3. The molecule has 8 heteroatoms. The highest BCUT2D eigenvalue weighted by atomic mass is 19.4. The molecule has 0 aromatic heterocycles. The molecule has 0 aliphatic rings. The fourth-order valence-electron chi connectivity index (χ4n) is 1.49. The number of alkyl halides is 3. The number of amides is 1. The van der Waals surface area contributed by atoms with Crippen LogP contribution >= 0.6 is 0 Å². The van der Waals surface area contributed by atoms with Crippen molar-refractivity contribution in [2.75, 3.05) is 13.2 Å². The Labute approximate surface area is 118 Å². The van der Waals surface area contributed by atoms with Crippen molar-refractivity contribution in [1.29, 1.82) is 0 Å². The topological polar surface area (TPSA) is 75.6 Å². The largest absolute Gasteiger partial charge is 0.482 e. The number of carbonyl (C=O) groups excluding carboxylic acids is 1. The van der Waals surface area contributed by atoms with E-state index in [-0.39, 0.29) is 6.54 Å². The summed E-state index contributed by atoms with van der Waals surface area (Å²) < 4.78 is 40.7. The van der Waals surface area contributed by atoms with E-state index >= 15 is 0 Å². The Morgan fingerprint density at radius 1 is 1.19 bits per heavy atom. The molecule has 0 radical (unpaired) electrons. The molecule has 1 aromatic rings. The van der Waals surface area contributed by atoms with Crippen molar-refractivity contribution in [3.8, 4) is 5.75 Å². The number of hydrogen-bond donors (Lipinski definition) is 2. The van der Waals surface area contributed by atoms with E-state index in [4.69, 9.17) is 9.84 Å². The predicted octanol–water partition coefficient (Wildman–Crippen LogP) is 1.76. The number of aryl methyl sites for hydroxylation is 1. The molecule has 21 heavy (non-hydrogen) atoms. The number of carboxylic acid groups (broad SMARTS) is 1. The Balaban J connectivity index is 2.30. The summed E-state index contributed by atoms with van der Waals surface area (Å²) in [5.74, 6) is -2.63. The number of halogens is 3. The summed E-state index contributed by atoms with van der Waals surface area (Å²) in [6, 6.07) is 6.52. The zero-order valence-electron chi connectivity index (χ0n) is 10.9. The maximum Gasteiger partial charge on any atom is 0.471 e. The summed E-state index contributed by atoms with van der Waals surface area (Å²) in [5.41, 5.74) is 0.846. The zero-order valence-corrected chi connectivity index (χ0v) is 10.9. The van der Waals surface area contributed by atoms with Gasteiger partial charge in [0.25, 0.3) is 0 Å². The summed E-state index contributed by atoms with van der Waals surface area (Å²) in [7, 11) is 0. The van der Waals surface area contributed by atoms with Crippen molar-refractivity contribution in [2.45, 2.75) is 19.0 Å². The number of aliphatic carboxylic acids is 1. The summed E-state index contributed by atoms with van der Waals surface area (Å²) in [6.45, 7) is -0.515. The minimum absolute atomic E-state index is 0.0738. The normalized spacial score (nSPS) is 11.0. The molecule has 0 atom stereocenters. The Morgan fingerprint density at radius 2 is 1.81 bits per heavy atom. The molecule has 0 fully saturated rings. The lowest BCUT2D eigenvalue weighted by atomic mass is 10.1. The van der Waals surface area contributed by atoms with Crippen LogP contribution in [-0.2, 0) is 16.0 Å². The standard InChI is InChI=1S/C13H14F3NO4/c14-13(15,16)12(20)17-7-1-2-9-3-5-10(6-4-9)21-8-11(18)19/h3-6H,1-2,7-8H2,(H,17,20)(H,18,19). The average Bonchev–Trinajstić information content (AvgIpc) is 2.41. The fraction of sp³-hybridized carbons (Fsp3) is 0.385. The molecule has 0 saturated carbocycles. The third kappa shape index (κ3) is 6.64. The molecule has 1 aromatic carbocycles. The van der Waals surface area contributed by atoms with Crippen LogP contribution in [0, 0.1) is 0 Å². The maximum atomic E-state index is 11.9. The molecule has 0 aliphatic heterocycles. The number of nitrogens with one attached hydrogen (secondary N) is 1. The van der Waals surface area contributed by atoms with Gasteiger partial charge in [0.15, 0.2) is 6.61 Å². The van der Waals surface area contributed by atoms with Gasteiger partial charge in [-0.05, 0) is 30.5 Å². The molecular weight excluding hydrogens is 291 g/mol. The highest BCUT2D eigenvalue weighted by Gasteiger charge is 2.38. The second kappa shape index (κ2) is 7.51. The van der Waals surface area contributed by atoms with Gasteiger partial charge in [-0.3, -0.25) is 4.79 Å². The van der Waals surface area contributed by atoms with E-state index in [1.54, 1.807) is 29.6 Å². The van der Waals surface area contributed by atoms with Gasteiger partial charge in [-0.1, -0.05) is 12.1 Å². The monoisotopic (exact) mass is 305 g/mol. The third-order valence-corrected chi connectivity index (χ3v) is 2.47. The first kappa shape index (κ1) is 16.8. The van der Waals surface area contributed by atoms with E-state index in [9.17, 15) is 22.8 Å². The smallest absolute Gasteiger partial charge is 0.471 e. The quantitative estimate of drug-likeness (QED) is 0.753. The van der Waals surface area contributed by atoms with Crippen LogP contribution in [0.25, 0.3) is 0 Å². The van der Waals surface area contributed by atoms with Gasteiger partial charge >= 0.3 is 18.1 Å². The van der Waals surface area contributed by atoms with Crippen LogP contribution in [0.5, 0.6) is 5.75 Å². The van der Waals surface area contributed by atoms with Gasteiger partial charge in [-0.2, -0.15) is 13.2 Å². The Kier molecular flexibility index (Phi) is 6.01. The Hall–Kier alpha value is -2.25. The van der Waals surface area contributed by atoms with E-state index in [1.165, 1.54) is 0 Å². The van der Waals surface area contributed by atoms with Crippen LogP contribution in [0.15, 0.2) is 24.3 Å². The molecule has 2 N–H and O–H groups in total. The van der Waals surface area contributed by atoms with Crippen LogP contribution in [0.2, 0.25) is 0 Å². The van der Waals surface area contributed by atoms with Crippen LogP contribution < -0.4 is 10.1 Å². The van der Waals surface area contributed by atoms with Crippen molar-refractivity contribution in [1.82, 2.24) is 5.32 Å². The molecule has 0 unspecified atom stereocenters. The van der Waals surface area contributed by atoms with Crippen molar-refractivity contribution in [2.24, 2.45) is 0 Å². The lowest BCUT2D eigenvalue weighted by Crippen LogP contribution is -2.37. The molecule has 0 bridgehead atoms. The third-order valence-electron chi connectivity index (χ3n) is 2.47. The zero-order chi connectivity index (χ0) is 15.9. The van der Waals surface area contributed by atoms with Crippen molar-refractivity contribution >= 4 is 11.9 Å². The summed E-state index contributed by atoms with van der Waals surface area (Å²) >= 11 is 0. The van der Waals surface area contributed by atoms with Gasteiger partial charge < -0.3 is 15.2 Å². The first-order valence-electron chi connectivity index (χ1n) is 6.07. The number of rotatable bonds is 7. The lowest BCUT2D eigenvalue weighted by Gasteiger charge is -2.08. The van der Waals surface area contributed by atoms with Gasteiger partial charge in [0.1, 0.15) is 5.75 Å². The van der Waals surface area contributed by atoms with Crippen molar-refractivity contribution in [3.05, 3.63) is 29.8 Å². The molecule has 1 amide bonds. The molecule has 0 heterocycles. The van der Waals surface area contributed by atoms with E-state index < -0.39 is 24.7 Å². The van der Waals surface area contributed by atoms with E-state index in [2.05, 4.69) is 0 Å². The molecule has 5 nitrogen and oxygen atoms in total. The van der Waals surface area contributed by atoms with Gasteiger partial charge in [0, 0.05) is 6.54 Å². The van der Waals surface area contributed by atoms with Crippen LogP contribution in [-0.4, -0.2) is 36.3 Å². The fourth-order valence-corrected chi connectivity index (χ4v) is 1.49. The van der Waals surface area contributed by atoms with Gasteiger partial charge in [-0.15, -0.1) is 0 Å². The molecule has 0 spiro atoms. The molecule has 0 saturated heterocycles. The minimum atomic E-state index is -4.86. The summed E-state index contributed by atoms with van der Waals surface area (Å²) in [6.07, 6.45) is -4.02. The second-order valence-electron chi connectivity index (χ2n) is 4.18. The van der Waals surface area contributed by atoms with Gasteiger partial charge in [0.2, 0.25) is 0 Å². The van der Waals surface area contributed by atoms with E-state index in [0.29, 0.717) is 18.6 Å². The van der Waals surface area contributed by atoms with E-state index in [1.807, 2.05) is 0 Å². The number of carbonyl (C=O) groups is 2. The SMILES string of the molecule is O=C(O)COc1ccc(CCCNC(=O)C(F)(F)F)cc1. The lowest BCUT2D eigenvalue weighted by molar-refractivity contribution is -0.173. The van der Waals surface area contributed by atoms with Crippen LogP contribution in [0.3, 0.4) is 0 Å². The van der Waals surface area contributed by atoms with Crippen molar-refractivity contribution < 1.29 is 32.6 Å². The predicted molar refractivity (Wildman–Crippen MR) is 67.0 cm³/mol. The average molecular weight is 305 g/mol. The minimum Gasteiger partial charge on any atom is -0.482 e. The van der Waals surface area contributed by atoms with E-state index in [0.717, 1.165) is 5.56 Å². The first-order chi connectivity index (χ1) is 9.79. The molecule has 1 rings (SSSR count). The second-order valence-corrected chi connectivity index (χ2v) is 4.18. The first-order valence-corrected chi connectivity index (χ1v) is 6.07. The van der Waals surface area contributed by atoms with Crippen molar-refractivity contribution in [3.63, 3.8) is 0 Å². The summed E-state index contributed by atoms with van der Waals surface area (Å²) in [5, 5.41) is 10.2. The van der Waals surface area contributed by atoms with Crippen LogP contribution in [0.1, 0.15) is 12.0 Å². The van der Waals surface area contributed by atoms with Gasteiger partial charge in [-0.25, -0.2) is 4.79 Å². The Bertz CT molecular complexity index is 485. The number of benzene rings is 1. The number of carboxylic acids is 1. The van der Waals surface area contributed by atoms with Gasteiger partial charge in [0.05, 0.1) is 0 Å². The molecular formula is C13H14F3NO4. The highest BCUT2D eigenvalue weighted by Crippen LogP contribution is 2.15. The summed E-state index contributed by atoms with van der Waals surface area (Å²) in [4.78, 5) is 20.8.